The molecule has 0 saturated heterocycles. The number of halogens is 3. The number of hydrogen-bond acceptors (Lipinski definition) is 2. The molecule has 0 unspecified atom stereocenters. The fraction of sp³-hybridized carbons (Fsp3) is 0.909. The number of carbonyl (C=O) groups excluding carboxylic acids is 1. The Morgan fingerprint density at radius 3 is 2.35 bits per heavy atom. The topological polar surface area (TPSA) is 55.1 Å². The van der Waals surface area contributed by atoms with Crippen molar-refractivity contribution in [3.8, 4) is 0 Å². The van der Waals surface area contributed by atoms with Crippen LogP contribution in [0.1, 0.15) is 33.1 Å². The van der Waals surface area contributed by atoms with E-state index in [2.05, 4.69) is 5.32 Å². The molecule has 6 heteroatoms. The number of amides is 1. The summed E-state index contributed by atoms with van der Waals surface area (Å²) >= 11 is 0. The van der Waals surface area contributed by atoms with Crippen LogP contribution in [0.25, 0.3) is 0 Å². The lowest BCUT2D eigenvalue weighted by Gasteiger charge is -2.16. The first kappa shape index (κ1) is 16.2. The van der Waals surface area contributed by atoms with Gasteiger partial charge in [-0.05, 0) is 24.8 Å². The number of hydrogen-bond donors (Lipinski definition) is 2. The molecule has 1 amide bonds. The molecule has 0 fully saturated rings. The molecular formula is C11H21F3N2O. The molecule has 0 aromatic rings. The van der Waals surface area contributed by atoms with Crippen LogP contribution in [0.2, 0.25) is 0 Å². The molecule has 3 N–H and O–H groups in total. The summed E-state index contributed by atoms with van der Waals surface area (Å²) in [6.45, 7) is 4.06. The number of nitrogens with one attached hydrogen (secondary N) is 1. The first-order chi connectivity index (χ1) is 7.74. The van der Waals surface area contributed by atoms with Crippen LogP contribution in [0.4, 0.5) is 13.2 Å². The summed E-state index contributed by atoms with van der Waals surface area (Å²) in [5.41, 5.74) is 5.51. The first-order valence-corrected chi connectivity index (χ1v) is 5.78. The highest BCUT2D eigenvalue weighted by Gasteiger charge is 2.26. The molecule has 1 atom stereocenters. The van der Waals surface area contributed by atoms with Gasteiger partial charge >= 0.3 is 6.18 Å². The Bertz CT molecular complexity index is 229. The second kappa shape index (κ2) is 7.53. The maximum absolute atomic E-state index is 11.8. The van der Waals surface area contributed by atoms with Crippen LogP contribution in [0.5, 0.6) is 0 Å². The van der Waals surface area contributed by atoms with Crippen molar-refractivity contribution in [1.82, 2.24) is 5.32 Å². The summed E-state index contributed by atoms with van der Waals surface area (Å²) < 4.78 is 35.5. The molecule has 0 spiro atoms. The van der Waals surface area contributed by atoms with E-state index >= 15 is 0 Å². The second-order valence-corrected chi connectivity index (χ2v) is 4.65. The highest BCUT2D eigenvalue weighted by molar-refractivity contribution is 5.76. The molecule has 0 saturated carbocycles. The molecule has 0 radical (unpaired) electrons. The molecule has 0 aliphatic carbocycles. The normalized spacial score (nSPS) is 13.8. The van der Waals surface area contributed by atoms with Crippen LogP contribution in [0.3, 0.4) is 0 Å². The average molecular weight is 254 g/mol. The van der Waals surface area contributed by atoms with Crippen molar-refractivity contribution in [2.24, 2.45) is 17.6 Å². The van der Waals surface area contributed by atoms with Gasteiger partial charge in [0.2, 0.25) is 5.91 Å². The minimum absolute atomic E-state index is 0.0425. The van der Waals surface area contributed by atoms with Gasteiger partial charge in [-0.25, -0.2) is 0 Å². The Balaban J connectivity index is 3.83. The number of alkyl halides is 3. The van der Waals surface area contributed by atoms with Gasteiger partial charge in [0.25, 0.3) is 0 Å². The summed E-state index contributed by atoms with van der Waals surface area (Å²) in [5.74, 6) is 0.109. The Morgan fingerprint density at radius 1 is 1.35 bits per heavy atom. The van der Waals surface area contributed by atoms with E-state index in [0.29, 0.717) is 12.5 Å². The van der Waals surface area contributed by atoms with Gasteiger partial charge in [-0.1, -0.05) is 13.8 Å². The molecule has 17 heavy (non-hydrogen) atoms. The maximum atomic E-state index is 11.8. The van der Waals surface area contributed by atoms with E-state index in [-0.39, 0.29) is 24.8 Å². The summed E-state index contributed by atoms with van der Waals surface area (Å²) in [5, 5.41) is 2.26. The minimum Gasteiger partial charge on any atom is -0.356 e. The Morgan fingerprint density at radius 2 is 1.94 bits per heavy atom. The number of carbonyl (C=O) groups is 1. The zero-order valence-electron chi connectivity index (χ0n) is 10.3. The molecule has 0 aromatic heterocycles. The molecule has 0 rings (SSSR count). The number of nitrogens with two attached hydrogens (primary N) is 1. The van der Waals surface area contributed by atoms with Crippen LogP contribution < -0.4 is 11.1 Å². The maximum Gasteiger partial charge on any atom is 0.390 e. The van der Waals surface area contributed by atoms with E-state index in [1.165, 1.54) is 0 Å². The summed E-state index contributed by atoms with van der Waals surface area (Å²) in [7, 11) is 0. The van der Waals surface area contributed by atoms with E-state index in [4.69, 9.17) is 5.73 Å². The molecular weight excluding hydrogens is 233 g/mol. The van der Waals surface area contributed by atoms with Crippen LogP contribution in [-0.4, -0.2) is 25.2 Å². The lowest BCUT2D eigenvalue weighted by Crippen LogP contribution is -2.31. The van der Waals surface area contributed by atoms with Gasteiger partial charge in [-0.2, -0.15) is 13.2 Å². The van der Waals surface area contributed by atoms with Crippen molar-refractivity contribution >= 4 is 5.91 Å². The molecule has 0 heterocycles. The van der Waals surface area contributed by atoms with Gasteiger partial charge in [-0.15, -0.1) is 0 Å². The van der Waals surface area contributed by atoms with Crippen molar-refractivity contribution in [2.75, 3.05) is 13.1 Å². The molecule has 102 valence electrons. The predicted octanol–water partition coefficient (Wildman–Crippen LogP) is 2.07. The van der Waals surface area contributed by atoms with Gasteiger partial charge in [0, 0.05) is 13.0 Å². The molecule has 0 bridgehead atoms. The molecule has 0 aromatic carbocycles. The summed E-state index contributed by atoms with van der Waals surface area (Å²) in [4.78, 5) is 11.3. The zero-order chi connectivity index (χ0) is 13.5. The highest BCUT2D eigenvalue weighted by Crippen LogP contribution is 2.18. The molecule has 0 aliphatic heterocycles. The van der Waals surface area contributed by atoms with Crippen molar-refractivity contribution in [2.45, 2.75) is 39.3 Å². The van der Waals surface area contributed by atoms with E-state index in [1.54, 1.807) is 0 Å². The standard InChI is InChI=1S/C11H21F3N2O/c1-8(2)5-9(7-15)6-10(17)16-4-3-11(12,13)14/h8-9H,3-7,15H2,1-2H3,(H,16,17)/t9-/m0/s1. The van der Waals surface area contributed by atoms with E-state index in [1.807, 2.05) is 13.8 Å². The Hall–Kier alpha value is -0.780. The lowest BCUT2D eigenvalue weighted by atomic mass is 9.94. The smallest absolute Gasteiger partial charge is 0.356 e. The first-order valence-electron chi connectivity index (χ1n) is 5.78. The highest BCUT2D eigenvalue weighted by atomic mass is 19.4. The molecule has 0 aliphatic rings. The largest absolute Gasteiger partial charge is 0.390 e. The van der Waals surface area contributed by atoms with Crippen molar-refractivity contribution in [1.29, 1.82) is 0 Å². The van der Waals surface area contributed by atoms with Crippen molar-refractivity contribution < 1.29 is 18.0 Å². The fourth-order valence-corrected chi connectivity index (χ4v) is 1.61. The van der Waals surface area contributed by atoms with E-state index < -0.39 is 12.6 Å². The zero-order valence-corrected chi connectivity index (χ0v) is 10.3. The van der Waals surface area contributed by atoms with Gasteiger partial charge < -0.3 is 11.1 Å². The van der Waals surface area contributed by atoms with E-state index in [9.17, 15) is 18.0 Å². The van der Waals surface area contributed by atoms with Gasteiger partial charge in [0.1, 0.15) is 0 Å². The number of rotatable bonds is 7. The van der Waals surface area contributed by atoms with Crippen molar-refractivity contribution in [3.63, 3.8) is 0 Å². The third-order valence-electron chi connectivity index (χ3n) is 2.34. The predicted molar refractivity (Wildman–Crippen MR) is 60.3 cm³/mol. The quantitative estimate of drug-likeness (QED) is 0.730. The van der Waals surface area contributed by atoms with Crippen LogP contribution >= 0.6 is 0 Å². The Labute approximate surface area is 99.9 Å². The van der Waals surface area contributed by atoms with Crippen LogP contribution in [-0.2, 0) is 4.79 Å². The van der Waals surface area contributed by atoms with Gasteiger partial charge in [0.05, 0.1) is 6.42 Å². The monoisotopic (exact) mass is 254 g/mol. The lowest BCUT2D eigenvalue weighted by molar-refractivity contribution is -0.135. The second-order valence-electron chi connectivity index (χ2n) is 4.65. The third kappa shape index (κ3) is 10.1. The summed E-state index contributed by atoms with van der Waals surface area (Å²) in [6, 6.07) is 0. The Kier molecular flexibility index (Phi) is 7.18. The average Bonchev–Trinajstić information content (AvgIpc) is 2.13. The summed E-state index contributed by atoms with van der Waals surface area (Å²) in [6.07, 6.45) is -4.20. The minimum atomic E-state index is -4.22. The SMILES string of the molecule is CC(C)C[C@H](CN)CC(=O)NCCC(F)(F)F. The molecule has 3 nitrogen and oxygen atoms in total. The fourth-order valence-electron chi connectivity index (χ4n) is 1.61. The third-order valence-corrected chi connectivity index (χ3v) is 2.34. The van der Waals surface area contributed by atoms with E-state index in [0.717, 1.165) is 6.42 Å². The van der Waals surface area contributed by atoms with Crippen LogP contribution in [0, 0.1) is 11.8 Å². The van der Waals surface area contributed by atoms with Crippen molar-refractivity contribution in [3.05, 3.63) is 0 Å². The van der Waals surface area contributed by atoms with Crippen LogP contribution in [0.15, 0.2) is 0 Å². The van der Waals surface area contributed by atoms with Gasteiger partial charge in [-0.3, -0.25) is 4.79 Å². The van der Waals surface area contributed by atoms with Gasteiger partial charge in [0.15, 0.2) is 0 Å².